The fourth-order valence-electron chi connectivity index (χ4n) is 2.55. The summed E-state index contributed by atoms with van der Waals surface area (Å²) in [5.74, 6) is 0.714. The van der Waals surface area contributed by atoms with Crippen LogP contribution in [0.3, 0.4) is 0 Å². The number of carbonyl (C=O) groups excluding carboxylic acids is 1. The van der Waals surface area contributed by atoms with Crippen LogP contribution in [0.4, 0.5) is 5.95 Å². The zero-order chi connectivity index (χ0) is 17.9. The Morgan fingerprint density at radius 3 is 2.71 bits per heavy atom. The molecule has 0 unspecified atom stereocenters. The molecule has 0 aromatic carbocycles. The summed E-state index contributed by atoms with van der Waals surface area (Å²) in [4.78, 5) is 22.4. The lowest BCUT2D eigenvalue weighted by Crippen LogP contribution is -2.50. The first-order valence-corrected chi connectivity index (χ1v) is 7.78. The molecule has 0 aliphatic rings. The minimum atomic E-state index is -1.32. The molecule has 0 aliphatic carbocycles. The first-order valence-electron chi connectivity index (χ1n) is 7.78. The molecular formula is C16H24N6O2. The number of rotatable bonds is 7. The Morgan fingerprint density at radius 1 is 1.46 bits per heavy atom. The number of hydrogen-bond acceptors (Lipinski definition) is 7. The van der Waals surface area contributed by atoms with E-state index < -0.39 is 11.4 Å². The number of amides is 1. The Kier molecular flexibility index (Phi) is 5.18. The van der Waals surface area contributed by atoms with E-state index in [9.17, 15) is 4.79 Å². The molecule has 2 heterocycles. The molecule has 2 aromatic rings. The lowest BCUT2D eigenvalue weighted by Gasteiger charge is -2.28. The second-order valence-electron chi connectivity index (χ2n) is 6.47. The van der Waals surface area contributed by atoms with Crippen molar-refractivity contribution >= 4 is 11.9 Å². The Hall–Kier alpha value is -2.48. The molecule has 24 heavy (non-hydrogen) atoms. The van der Waals surface area contributed by atoms with Gasteiger partial charge in [-0.2, -0.15) is 0 Å². The molecule has 2 aromatic heterocycles. The van der Waals surface area contributed by atoms with Gasteiger partial charge in [-0.15, -0.1) is 0 Å². The van der Waals surface area contributed by atoms with Crippen LogP contribution in [0.15, 0.2) is 22.9 Å². The van der Waals surface area contributed by atoms with Crippen LogP contribution in [0.5, 0.6) is 0 Å². The van der Waals surface area contributed by atoms with Gasteiger partial charge in [0.15, 0.2) is 5.76 Å². The first-order chi connectivity index (χ1) is 11.2. The van der Waals surface area contributed by atoms with Gasteiger partial charge in [-0.05, 0) is 25.3 Å². The van der Waals surface area contributed by atoms with E-state index in [4.69, 9.17) is 16.0 Å². The smallest absolute Gasteiger partial charge is 0.243 e. The number of nitrogens with two attached hydrogens (primary N) is 2. The predicted octanol–water partition coefficient (Wildman–Crippen LogP) is 1.09. The standard InChI is InChI=1S/C16H24N6O2/c1-10(2)8-16(18,14(17)23)13-5-6-19-15(20-13)22(4)9-12-7-11(3)21-24-12/h5-7,10H,8-9,18H2,1-4H3,(H2,17,23)/t16-/m1/s1. The van der Waals surface area contributed by atoms with Crippen molar-refractivity contribution in [3.8, 4) is 0 Å². The molecule has 0 fully saturated rings. The van der Waals surface area contributed by atoms with Crippen LogP contribution in [-0.2, 0) is 16.9 Å². The number of anilines is 1. The molecular weight excluding hydrogens is 308 g/mol. The fraction of sp³-hybridized carbons (Fsp3) is 0.500. The molecule has 1 amide bonds. The third-order valence-corrected chi connectivity index (χ3v) is 3.68. The Bertz CT molecular complexity index is 714. The van der Waals surface area contributed by atoms with Crippen LogP contribution < -0.4 is 16.4 Å². The van der Waals surface area contributed by atoms with E-state index in [0.29, 0.717) is 30.4 Å². The molecule has 8 nitrogen and oxygen atoms in total. The average molecular weight is 332 g/mol. The molecule has 8 heteroatoms. The van der Waals surface area contributed by atoms with Gasteiger partial charge in [-0.3, -0.25) is 4.79 Å². The van der Waals surface area contributed by atoms with Crippen LogP contribution in [0.2, 0.25) is 0 Å². The molecule has 2 rings (SSSR count). The van der Waals surface area contributed by atoms with Crippen molar-refractivity contribution in [2.75, 3.05) is 11.9 Å². The molecule has 1 atom stereocenters. The highest BCUT2D eigenvalue weighted by atomic mass is 16.5. The monoisotopic (exact) mass is 332 g/mol. The second kappa shape index (κ2) is 6.96. The van der Waals surface area contributed by atoms with Gasteiger partial charge in [0.05, 0.1) is 17.9 Å². The summed E-state index contributed by atoms with van der Waals surface area (Å²) in [5.41, 5.74) is 11.7. The summed E-state index contributed by atoms with van der Waals surface area (Å²) < 4.78 is 5.20. The number of primary amides is 1. The molecule has 130 valence electrons. The molecule has 0 aliphatic heterocycles. The Balaban J connectivity index is 2.28. The highest BCUT2D eigenvalue weighted by molar-refractivity contribution is 5.85. The van der Waals surface area contributed by atoms with Gasteiger partial charge in [0.25, 0.3) is 0 Å². The van der Waals surface area contributed by atoms with Gasteiger partial charge in [-0.25, -0.2) is 9.97 Å². The van der Waals surface area contributed by atoms with E-state index >= 15 is 0 Å². The highest BCUT2D eigenvalue weighted by Crippen LogP contribution is 2.25. The number of aryl methyl sites for hydroxylation is 1. The van der Waals surface area contributed by atoms with Gasteiger partial charge >= 0.3 is 0 Å². The molecule has 0 radical (unpaired) electrons. The topological polar surface area (TPSA) is 124 Å². The van der Waals surface area contributed by atoms with E-state index in [2.05, 4.69) is 15.1 Å². The van der Waals surface area contributed by atoms with Gasteiger partial charge in [-0.1, -0.05) is 19.0 Å². The summed E-state index contributed by atoms with van der Waals surface area (Å²) in [7, 11) is 1.82. The van der Waals surface area contributed by atoms with Gasteiger partial charge < -0.3 is 20.9 Å². The zero-order valence-corrected chi connectivity index (χ0v) is 14.5. The van der Waals surface area contributed by atoms with E-state index in [1.807, 2.05) is 33.9 Å². The maximum Gasteiger partial charge on any atom is 0.243 e. The minimum Gasteiger partial charge on any atom is -0.368 e. The third kappa shape index (κ3) is 3.88. The van der Waals surface area contributed by atoms with Crippen molar-refractivity contribution in [3.05, 3.63) is 35.5 Å². The van der Waals surface area contributed by atoms with E-state index in [1.165, 1.54) is 0 Å². The molecule has 0 saturated heterocycles. The average Bonchev–Trinajstić information content (AvgIpc) is 2.91. The summed E-state index contributed by atoms with van der Waals surface area (Å²) in [5, 5.41) is 3.85. The number of carbonyl (C=O) groups is 1. The summed E-state index contributed by atoms with van der Waals surface area (Å²) >= 11 is 0. The van der Waals surface area contributed by atoms with Crippen LogP contribution in [0.25, 0.3) is 0 Å². The molecule has 0 bridgehead atoms. The van der Waals surface area contributed by atoms with Crippen LogP contribution in [0.1, 0.15) is 37.4 Å². The largest absolute Gasteiger partial charge is 0.368 e. The Morgan fingerprint density at radius 2 is 2.17 bits per heavy atom. The van der Waals surface area contributed by atoms with Crippen LogP contribution >= 0.6 is 0 Å². The molecule has 4 N–H and O–H groups in total. The highest BCUT2D eigenvalue weighted by Gasteiger charge is 2.36. The first kappa shape index (κ1) is 17.9. The van der Waals surface area contributed by atoms with Crippen molar-refractivity contribution in [2.45, 2.75) is 39.3 Å². The van der Waals surface area contributed by atoms with Crippen LogP contribution in [-0.4, -0.2) is 28.1 Å². The van der Waals surface area contributed by atoms with Gasteiger partial charge in [0.1, 0.15) is 5.54 Å². The van der Waals surface area contributed by atoms with E-state index in [-0.39, 0.29) is 5.92 Å². The second-order valence-corrected chi connectivity index (χ2v) is 6.47. The summed E-state index contributed by atoms with van der Waals surface area (Å²) in [6.07, 6.45) is 1.98. The quantitative estimate of drug-likeness (QED) is 0.777. The fourth-order valence-corrected chi connectivity index (χ4v) is 2.55. The van der Waals surface area contributed by atoms with Crippen molar-refractivity contribution in [1.29, 1.82) is 0 Å². The number of aromatic nitrogens is 3. The van der Waals surface area contributed by atoms with Crippen molar-refractivity contribution < 1.29 is 9.32 Å². The number of nitrogens with zero attached hydrogens (tertiary/aromatic N) is 4. The lowest BCUT2D eigenvalue weighted by atomic mass is 9.86. The normalized spacial score (nSPS) is 13.8. The molecule has 0 saturated carbocycles. The van der Waals surface area contributed by atoms with Crippen molar-refractivity contribution in [2.24, 2.45) is 17.4 Å². The van der Waals surface area contributed by atoms with E-state index in [0.717, 1.165) is 5.69 Å². The Labute approximate surface area is 141 Å². The predicted molar refractivity (Wildman–Crippen MR) is 89.9 cm³/mol. The maximum atomic E-state index is 11.9. The van der Waals surface area contributed by atoms with Crippen LogP contribution in [0, 0.1) is 12.8 Å². The lowest BCUT2D eigenvalue weighted by molar-refractivity contribution is -0.124. The van der Waals surface area contributed by atoms with E-state index in [1.54, 1.807) is 17.2 Å². The van der Waals surface area contributed by atoms with Crippen molar-refractivity contribution in [3.63, 3.8) is 0 Å². The minimum absolute atomic E-state index is 0.191. The molecule has 0 spiro atoms. The maximum absolute atomic E-state index is 11.9. The summed E-state index contributed by atoms with van der Waals surface area (Å²) in [6, 6.07) is 3.47. The van der Waals surface area contributed by atoms with Gasteiger partial charge in [0.2, 0.25) is 11.9 Å². The SMILES string of the molecule is Cc1cc(CN(C)c2nccc([C@](N)(CC(C)C)C(N)=O)n2)on1. The summed E-state index contributed by atoms with van der Waals surface area (Å²) in [6.45, 7) is 6.25. The van der Waals surface area contributed by atoms with Gasteiger partial charge in [0, 0.05) is 19.3 Å². The van der Waals surface area contributed by atoms with Crippen molar-refractivity contribution in [1.82, 2.24) is 15.1 Å². The number of hydrogen-bond donors (Lipinski definition) is 2. The zero-order valence-electron chi connectivity index (χ0n) is 14.5. The third-order valence-electron chi connectivity index (χ3n) is 3.68.